The summed E-state index contributed by atoms with van der Waals surface area (Å²) in [6, 6.07) is 0. The lowest BCUT2D eigenvalue weighted by molar-refractivity contribution is -0.136. The van der Waals surface area contributed by atoms with Gasteiger partial charge in [0, 0.05) is 12.0 Å². The van der Waals surface area contributed by atoms with Crippen LogP contribution in [0.15, 0.2) is 5.38 Å². The lowest BCUT2D eigenvalue weighted by Gasteiger charge is -2.34. The highest BCUT2D eigenvalue weighted by molar-refractivity contribution is 7.13. The summed E-state index contributed by atoms with van der Waals surface area (Å²) in [6.45, 7) is 3.59. The average molecular weight is 256 g/mol. The number of carboxylic acids is 1. The lowest BCUT2D eigenvalue weighted by atomic mass is 9.95. The second-order valence-corrected chi connectivity index (χ2v) is 5.41. The number of aromatic nitrogens is 1. The number of thiazole rings is 1. The van der Waals surface area contributed by atoms with Crippen molar-refractivity contribution >= 4 is 22.4 Å². The number of carboxylic acid groups (broad SMARTS) is 1. The molecule has 0 radical (unpaired) electrons. The number of nitrogens with one attached hydrogen (secondary N) is 1. The van der Waals surface area contributed by atoms with Crippen LogP contribution in [-0.4, -0.2) is 34.8 Å². The molecule has 2 rings (SSSR count). The van der Waals surface area contributed by atoms with E-state index in [1.54, 1.807) is 5.38 Å². The van der Waals surface area contributed by atoms with Gasteiger partial charge < -0.3 is 15.2 Å². The highest BCUT2D eigenvalue weighted by Gasteiger charge is 2.28. The molecule has 0 bridgehead atoms. The van der Waals surface area contributed by atoms with E-state index in [1.807, 2.05) is 0 Å². The number of anilines is 1. The fraction of sp³-hybridized carbons (Fsp3) is 0.636. The number of hydrogen-bond acceptors (Lipinski definition) is 5. The summed E-state index contributed by atoms with van der Waals surface area (Å²) in [5.74, 6) is -0.853. The average Bonchev–Trinajstić information content (AvgIpc) is 2.64. The van der Waals surface area contributed by atoms with Crippen LogP contribution in [0.1, 0.15) is 25.5 Å². The van der Waals surface area contributed by atoms with Gasteiger partial charge in [-0.05, 0) is 19.8 Å². The predicted molar refractivity (Wildman–Crippen MR) is 65.5 cm³/mol. The molecule has 0 spiro atoms. The van der Waals surface area contributed by atoms with Gasteiger partial charge in [-0.3, -0.25) is 4.79 Å². The Bertz CT molecular complexity index is 399. The van der Waals surface area contributed by atoms with Crippen molar-refractivity contribution in [3.05, 3.63) is 11.1 Å². The normalized spacial score (nSPS) is 24.5. The quantitative estimate of drug-likeness (QED) is 0.858. The number of nitrogens with zero attached hydrogens (tertiary/aromatic N) is 1. The molecule has 0 amide bonds. The van der Waals surface area contributed by atoms with E-state index >= 15 is 0 Å². The number of hydrogen-bond donors (Lipinski definition) is 2. The van der Waals surface area contributed by atoms with Crippen LogP contribution in [0.4, 0.5) is 5.13 Å². The Morgan fingerprint density at radius 3 is 3.24 bits per heavy atom. The van der Waals surface area contributed by atoms with Crippen LogP contribution in [0.25, 0.3) is 0 Å². The SMILES string of the molecule is CC1(Nc2nc(CC(=O)O)cs2)CCCOC1. The molecule has 2 N–H and O–H groups in total. The number of ether oxygens (including phenoxy) is 1. The van der Waals surface area contributed by atoms with Crippen molar-refractivity contribution in [3.63, 3.8) is 0 Å². The first-order chi connectivity index (χ1) is 8.07. The molecule has 0 aliphatic carbocycles. The molecule has 94 valence electrons. The Balaban J connectivity index is 1.98. The van der Waals surface area contributed by atoms with Crippen LogP contribution in [-0.2, 0) is 16.0 Å². The highest BCUT2D eigenvalue weighted by Crippen LogP contribution is 2.26. The molecule has 1 atom stereocenters. The minimum absolute atomic E-state index is 0.0224. The van der Waals surface area contributed by atoms with Crippen LogP contribution in [0.5, 0.6) is 0 Å². The fourth-order valence-electron chi connectivity index (χ4n) is 1.89. The predicted octanol–water partition coefficient (Wildman–Crippen LogP) is 1.75. The number of aliphatic carboxylic acids is 1. The molecule has 2 heterocycles. The zero-order valence-corrected chi connectivity index (χ0v) is 10.5. The molecule has 0 aromatic carbocycles. The number of carbonyl (C=O) groups is 1. The third-order valence-electron chi connectivity index (χ3n) is 2.73. The molecule has 6 heteroatoms. The van der Waals surface area contributed by atoms with Crippen molar-refractivity contribution in [2.45, 2.75) is 31.7 Å². The van der Waals surface area contributed by atoms with Crippen LogP contribution in [0.2, 0.25) is 0 Å². The van der Waals surface area contributed by atoms with E-state index in [9.17, 15) is 4.79 Å². The lowest BCUT2D eigenvalue weighted by Crippen LogP contribution is -2.43. The fourth-order valence-corrected chi connectivity index (χ4v) is 2.75. The zero-order valence-electron chi connectivity index (χ0n) is 9.73. The summed E-state index contributed by atoms with van der Waals surface area (Å²) in [4.78, 5) is 14.8. The second-order valence-electron chi connectivity index (χ2n) is 4.56. The minimum atomic E-state index is -0.853. The van der Waals surface area contributed by atoms with Crippen molar-refractivity contribution in [2.75, 3.05) is 18.5 Å². The Morgan fingerprint density at radius 1 is 1.76 bits per heavy atom. The summed E-state index contributed by atoms with van der Waals surface area (Å²) in [7, 11) is 0. The van der Waals surface area contributed by atoms with Gasteiger partial charge >= 0.3 is 5.97 Å². The van der Waals surface area contributed by atoms with E-state index in [0.717, 1.165) is 24.6 Å². The van der Waals surface area contributed by atoms with Crippen molar-refractivity contribution < 1.29 is 14.6 Å². The second kappa shape index (κ2) is 5.01. The van der Waals surface area contributed by atoms with E-state index in [0.29, 0.717) is 12.3 Å². The maximum absolute atomic E-state index is 10.6. The van der Waals surface area contributed by atoms with Crippen molar-refractivity contribution in [3.8, 4) is 0 Å². The molecule has 5 nitrogen and oxygen atoms in total. The molecule has 0 saturated carbocycles. The molecule has 17 heavy (non-hydrogen) atoms. The van der Waals surface area contributed by atoms with Crippen LogP contribution in [0, 0.1) is 0 Å². The molecular weight excluding hydrogens is 240 g/mol. The van der Waals surface area contributed by atoms with E-state index in [4.69, 9.17) is 9.84 Å². The van der Waals surface area contributed by atoms with Gasteiger partial charge in [0.2, 0.25) is 0 Å². The van der Waals surface area contributed by atoms with Crippen molar-refractivity contribution in [2.24, 2.45) is 0 Å². The van der Waals surface area contributed by atoms with Gasteiger partial charge in [0.15, 0.2) is 5.13 Å². The van der Waals surface area contributed by atoms with Gasteiger partial charge in [-0.25, -0.2) is 4.98 Å². The Hall–Kier alpha value is -1.14. The summed E-state index contributed by atoms with van der Waals surface area (Å²) in [5, 5.41) is 14.6. The Kier molecular flexibility index (Phi) is 3.63. The van der Waals surface area contributed by atoms with Crippen molar-refractivity contribution in [1.29, 1.82) is 0 Å². The van der Waals surface area contributed by atoms with E-state index < -0.39 is 5.97 Å². The smallest absolute Gasteiger partial charge is 0.309 e. The summed E-state index contributed by atoms with van der Waals surface area (Å²) < 4.78 is 5.45. The van der Waals surface area contributed by atoms with Gasteiger partial charge in [0.05, 0.1) is 24.3 Å². The molecule has 1 aromatic rings. The zero-order chi connectivity index (χ0) is 12.3. The molecular formula is C11H16N2O3S. The maximum atomic E-state index is 10.6. The molecule has 1 aromatic heterocycles. The van der Waals surface area contributed by atoms with E-state index in [1.165, 1.54) is 11.3 Å². The summed E-state index contributed by atoms with van der Waals surface area (Å²) in [5.41, 5.74) is 0.515. The first kappa shape index (κ1) is 12.3. The molecule has 1 fully saturated rings. The molecule has 1 aliphatic heterocycles. The summed E-state index contributed by atoms with van der Waals surface area (Å²) >= 11 is 1.44. The van der Waals surface area contributed by atoms with Crippen LogP contribution >= 0.6 is 11.3 Å². The van der Waals surface area contributed by atoms with Crippen LogP contribution < -0.4 is 5.32 Å². The molecule has 1 aliphatic rings. The largest absolute Gasteiger partial charge is 0.481 e. The summed E-state index contributed by atoms with van der Waals surface area (Å²) in [6.07, 6.45) is 2.06. The minimum Gasteiger partial charge on any atom is -0.481 e. The van der Waals surface area contributed by atoms with Gasteiger partial charge in [-0.1, -0.05) is 0 Å². The first-order valence-electron chi connectivity index (χ1n) is 5.60. The van der Waals surface area contributed by atoms with Gasteiger partial charge in [0.1, 0.15) is 0 Å². The van der Waals surface area contributed by atoms with Gasteiger partial charge in [-0.15, -0.1) is 11.3 Å². The van der Waals surface area contributed by atoms with E-state index in [2.05, 4.69) is 17.2 Å². The molecule has 1 saturated heterocycles. The maximum Gasteiger partial charge on any atom is 0.309 e. The van der Waals surface area contributed by atoms with Gasteiger partial charge in [-0.2, -0.15) is 0 Å². The third-order valence-corrected chi connectivity index (χ3v) is 3.54. The topological polar surface area (TPSA) is 71.5 Å². The highest BCUT2D eigenvalue weighted by atomic mass is 32.1. The first-order valence-corrected chi connectivity index (χ1v) is 6.47. The van der Waals surface area contributed by atoms with E-state index in [-0.39, 0.29) is 12.0 Å². The van der Waals surface area contributed by atoms with Gasteiger partial charge in [0.25, 0.3) is 0 Å². The monoisotopic (exact) mass is 256 g/mol. The Morgan fingerprint density at radius 2 is 2.59 bits per heavy atom. The molecule has 1 unspecified atom stereocenters. The van der Waals surface area contributed by atoms with Crippen molar-refractivity contribution in [1.82, 2.24) is 4.98 Å². The number of rotatable bonds is 4. The standard InChI is InChI=1S/C11H16N2O3S/c1-11(3-2-4-16-7-11)13-10-12-8(6-17-10)5-9(14)15/h6H,2-5,7H2,1H3,(H,12,13)(H,14,15). The third kappa shape index (κ3) is 3.41. The van der Waals surface area contributed by atoms with Crippen LogP contribution in [0.3, 0.4) is 0 Å². The Labute approximate surface area is 104 Å².